The van der Waals surface area contributed by atoms with Crippen molar-refractivity contribution in [3.8, 4) is 0 Å². The summed E-state index contributed by atoms with van der Waals surface area (Å²) in [7, 11) is 0. The average molecular weight is 310 g/mol. The first kappa shape index (κ1) is 14.4. The van der Waals surface area contributed by atoms with Gasteiger partial charge in [-0.15, -0.1) is 0 Å². The van der Waals surface area contributed by atoms with Gasteiger partial charge in [0.05, 0.1) is 0 Å². The van der Waals surface area contributed by atoms with Crippen LogP contribution >= 0.6 is 11.8 Å². The summed E-state index contributed by atoms with van der Waals surface area (Å²) in [6, 6.07) is 1.68. The lowest BCUT2D eigenvalue weighted by molar-refractivity contribution is 0.146. The first-order valence-electron chi connectivity index (χ1n) is 6.86. The lowest BCUT2D eigenvalue weighted by atomic mass is 10.2. The van der Waals surface area contributed by atoms with Crippen LogP contribution in [0.3, 0.4) is 0 Å². The van der Waals surface area contributed by atoms with Crippen LogP contribution in [-0.4, -0.2) is 33.8 Å². The van der Waals surface area contributed by atoms with E-state index in [0.717, 1.165) is 19.4 Å². The first-order valence-corrected chi connectivity index (χ1v) is 8.09. The van der Waals surface area contributed by atoms with Gasteiger partial charge in [-0.25, -0.2) is 23.7 Å². The maximum Gasteiger partial charge on any atom is 0.280 e. The predicted octanol–water partition coefficient (Wildman–Crippen LogP) is 3.67. The van der Waals surface area contributed by atoms with Crippen LogP contribution in [0.15, 0.2) is 17.4 Å². The van der Waals surface area contributed by atoms with Crippen molar-refractivity contribution in [3.63, 3.8) is 0 Å². The number of fused-ring (bicyclic) bond motifs is 1. The molecule has 2 aromatic heterocycles. The Hall–Kier alpha value is -1.50. The molecule has 0 unspecified atom stereocenters. The molecule has 0 N–H and O–H groups in total. The minimum Gasteiger partial charge on any atom is -0.352 e. The van der Waals surface area contributed by atoms with Crippen LogP contribution in [0, 0.1) is 0 Å². The van der Waals surface area contributed by atoms with E-state index >= 15 is 0 Å². The summed E-state index contributed by atoms with van der Waals surface area (Å²) in [5, 5.41) is 1.24. The Morgan fingerprint density at radius 2 is 2.19 bits per heavy atom. The van der Waals surface area contributed by atoms with Gasteiger partial charge in [-0.05, 0) is 32.1 Å². The Kier molecular flexibility index (Phi) is 3.93. The summed E-state index contributed by atoms with van der Waals surface area (Å²) in [5.41, 5.74) is 0.449. The Morgan fingerprint density at radius 1 is 1.38 bits per heavy atom. The molecule has 1 saturated heterocycles. The molecule has 0 radical (unpaired) electrons. The lowest BCUT2D eigenvalue weighted by Crippen LogP contribution is -2.28. The highest BCUT2D eigenvalue weighted by atomic mass is 32.2. The first-order chi connectivity index (χ1) is 10.1. The highest BCUT2D eigenvalue weighted by Gasteiger charge is 2.26. The molecule has 0 amide bonds. The predicted molar refractivity (Wildman–Crippen MR) is 80.1 cm³/mol. The van der Waals surface area contributed by atoms with Gasteiger partial charge in [0.25, 0.3) is 6.43 Å². The number of alkyl halides is 2. The van der Waals surface area contributed by atoms with Crippen LogP contribution in [-0.2, 0) is 0 Å². The molecule has 1 atom stereocenters. The van der Waals surface area contributed by atoms with Crippen LogP contribution in [0.4, 0.5) is 14.6 Å². The summed E-state index contributed by atoms with van der Waals surface area (Å²) >= 11 is 1.43. The number of nitrogens with zero attached hydrogens (tertiary/aromatic N) is 4. The van der Waals surface area contributed by atoms with E-state index < -0.39 is 6.43 Å². The topological polar surface area (TPSA) is 41.9 Å². The quantitative estimate of drug-likeness (QED) is 0.639. The molecule has 7 heteroatoms. The Morgan fingerprint density at radius 3 is 2.81 bits per heavy atom. The second kappa shape index (κ2) is 5.71. The van der Waals surface area contributed by atoms with Crippen molar-refractivity contribution in [2.45, 2.75) is 37.4 Å². The zero-order valence-electron chi connectivity index (χ0n) is 11.9. The number of rotatable bonds is 3. The molecule has 4 nitrogen and oxygen atoms in total. The number of thioether (sulfide) groups is 1. The third-order valence-corrected chi connectivity index (χ3v) is 4.34. The van der Waals surface area contributed by atoms with E-state index in [4.69, 9.17) is 0 Å². The zero-order chi connectivity index (χ0) is 15.0. The largest absolute Gasteiger partial charge is 0.352 e. The maximum absolute atomic E-state index is 13.1. The molecule has 2 aromatic rings. The molecule has 0 spiro atoms. The zero-order valence-corrected chi connectivity index (χ0v) is 12.7. The summed E-state index contributed by atoms with van der Waals surface area (Å²) in [4.78, 5) is 14.9. The van der Waals surface area contributed by atoms with Crippen LogP contribution in [0.2, 0.25) is 0 Å². The normalized spacial score (nSPS) is 18.9. The molecule has 3 heterocycles. The molecule has 0 aromatic carbocycles. The molecule has 3 rings (SSSR count). The lowest BCUT2D eigenvalue weighted by Gasteiger charge is -2.24. The van der Waals surface area contributed by atoms with Gasteiger partial charge >= 0.3 is 0 Å². The molecule has 1 aliphatic heterocycles. The van der Waals surface area contributed by atoms with Crippen LogP contribution in [0.5, 0.6) is 0 Å². The molecule has 112 valence electrons. The molecule has 21 heavy (non-hydrogen) atoms. The van der Waals surface area contributed by atoms with Crippen LogP contribution < -0.4 is 4.90 Å². The van der Waals surface area contributed by atoms with Gasteiger partial charge < -0.3 is 4.90 Å². The van der Waals surface area contributed by atoms with E-state index in [-0.39, 0.29) is 5.69 Å². The van der Waals surface area contributed by atoms with Crippen LogP contribution in [0.25, 0.3) is 10.9 Å². The van der Waals surface area contributed by atoms with Crippen molar-refractivity contribution in [3.05, 3.63) is 18.0 Å². The van der Waals surface area contributed by atoms with Gasteiger partial charge in [0.15, 0.2) is 11.0 Å². The number of halogens is 2. The van der Waals surface area contributed by atoms with Gasteiger partial charge in [-0.2, -0.15) is 0 Å². The third kappa shape index (κ3) is 2.66. The number of hydrogen-bond donors (Lipinski definition) is 0. The number of aromatic nitrogens is 3. The molecule has 1 fully saturated rings. The van der Waals surface area contributed by atoms with Crippen molar-refractivity contribution in [1.82, 2.24) is 15.0 Å². The fraction of sp³-hybridized carbons (Fsp3) is 0.500. The van der Waals surface area contributed by atoms with E-state index in [1.165, 1.54) is 17.8 Å². The monoisotopic (exact) mass is 310 g/mol. The smallest absolute Gasteiger partial charge is 0.280 e. The minimum absolute atomic E-state index is 0.211. The second-order valence-corrected chi connectivity index (χ2v) is 5.92. The fourth-order valence-corrected chi connectivity index (χ4v) is 3.03. The van der Waals surface area contributed by atoms with Gasteiger partial charge in [0.2, 0.25) is 0 Å². The van der Waals surface area contributed by atoms with Gasteiger partial charge in [0, 0.05) is 24.2 Å². The van der Waals surface area contributed by atoms with Crippen molar-refractivity contribution < 1.29 is 8.78 Å². The van der Waals surface area contributed by atoms with E-state index in [1.54, 1.807) is 6.20 Å². The Bertz CT molecular complexity index is 665. The van der Waals surface area contributed by atoms with Crippen molar-refractivity contribution in [2.75, 3.05) is 17.7 Å². The summed E-state index contributed by atoms with van der Waals surface area (Å²) in [6.45, 7) is 2.92. The van der Waals surface area contributed by atoms with E-state index in [2.05, 4.69) is 26.8 Å². The van der Waals surface area contributed by atoms with Crippen molar-refractivity contribution in [1.29, 1.82) is 0 Å². The molecular weight excluding hydrogens is 294 g/mol. The van der Waals surface area contributed by atoms with E-state index in [0.29, 0.717) is 27.9 Å². The third-order valence-electron chi connectivity index (χ3n) is 3.78. The fourth-order valence-electron chi connectivity index (χ4n) is 2.68. The minimum atomic E-state index is -2.59. The number of anilines is 1. The molecular formula is C14H16F2N4S. The second-order valence-electron chi connectivity index (χ2n) is 5.15. The van der Waals surface area contributed by atoms with E-state index in [9.17, 15) is 8.78 Å². The average Bonchev–Trinajstić information content (AvgIpc) is 2.91. The van der Waals surface area contributed by atoms with Gasteiger partial charge in [-0.3, -0.25) is 0 Å². The van der Waals surface area contributed by atoms with E-state index in [1.807, 2.05) is 6.26 Å². The summed E-state index contributed by atoms with van der Waals surface area (Å²) < 4.78 is 26.2. The maximum atomic E-state index is 13.1. The highest BCUT2D eigenvalue weighted by molar-refractivity contribution is 7.98. The molecule has 1 aliphatic rings. The van der Waals surface area contributed by atoms with Crippen molar-refractivity contribution in [2.24, 2.45) is 0 Å². The molecule has 0 bridgehead atoms. The molecule has 0 saturated carbocycles. The standard InChI is InChI=1S/C14H16F2N4S/c1-8-4-3-5-20(8)13-11-9(6-10(18-13)12(15)16)7-17-14(19-11)21-2/h6-8,12H,3-5H2,1-2H3/t8-/m1/s1. The summed E-state index contributed by atoms with van der Waals surface area (Å²) in [6.07, 6.45) is 2.99. The summed E-state index contributed by atoms with van der Waals surface area (Å²) in [5.74, 6) is 0.561. The number of pyridine rings is 1. The van der Waals surface area contributed by atoms with Gasteiger partial charge in [-0.1, -0.05) is 11.8 Å². The van der Waals surface area contributed by atoms with Gasteiger partial charge in [0.1, 0.15) is 11.2 Å². The number of hydrogen-bond acceptors (Lipinski definition) is 5. The Labute approximate surface area is 126 Å². The SMILES string of the molecule is CSc1ncc2cc(C(F)F)nc(N3CCC[C@H]3C)c2n1. The highest BCUT2D eigenvalue weighted by Crippen LogP contribution is 2.32. The van der Waals surface area contributed by atoms with Crippen LogP contribution in [0.1, 0.15) is 31.9 Å². The molecule has 0 aliphatic carbocycles. The van der Waals surface area contributed by atoms with Crippen molar-refractivity contribution >= 4 is 28.5 Å². The Balaban J connectivity index is 2.21.